The third-order valence-electron chi connectivity index (χ3n) is 5.18. The number of benzene rings is 2. The monoisotopic (exact) mass is 450 g/mol. The predicted molar refractivity (Wildman–Crippen MR) is 130 cm³/mol. The summed E-state index contributed by atoms with van der Waals surface area (Å²) in [6, 6.07) is 13.7. The van der Waals surface area contributed by atoms with Crippen molar-refractivity contribution in [2.24, 2.45) is 0 Å². The van der Waals surface area contributed by atoms with Gasteiger partial charge in [-0.2, -0.15) is 0 Å². The molecule has 3 nitrogen and oxygen atoms in total. The third kappa shape index (κ3) is 9.26. The average Bonchev–Trinajstić information content (AvgIpc) is 2.75. The Kier molecular flexibility index (Phi) is 12.2. The minimum atomic E-state index is 0.364. The number of hydrogen-bond acceptors (Lipinski definition) is 3. The molecule has 0 spiro atoms. The summed E-state index contributed by atoms with van der Waals surface area (Å²) in [6.45, 7) is 10.5. The van der Waals surface area contributed by atoms with Gasteiger partial charge in [0.15, 0.2) is 0 Å². The van der Waals surface area contributed by atoms with Crippen LogP contribution in [0.25, 0.3) is 0 Å². The summed E-state index contributed by atoms with van der Waals surface area (Å²) in [5.74, 6) is 0.817. The number of halogens is 2. The summed E-state index contributed by atoms with van der Waals surface area (Å²) in [5.41, 5.74) is 2.07. The van der Waals surface area contributed by atoms with Gasteiger partial charge < -0.3 is 15.0 Å². The van der Waals surface area contributed by atoms with Crippen molar-refractivity contribution in [3.8, 4) is 5.75 Å². The highest BCUT2D eigenvalue weighted by molar-refractivity contribution is 6.35. The molecule has 166 valence electrons. The lowest BCUT2D eigenvalue weighted by atomic mass is 10.2. The first-order valence-electron chi connectivity index (χ1n) is 11.2. The van der Waals surface area contributed by atoms with E-state index >= 15 is 0 Å². The molecule has 0 heterocycles. The largest absolute Gasteiger partial charge is 0.489 e. The minimum absolute atomic E-state index is 0.364. The van der Waals surface area contributed by atoms with Gasteiger partial charge in [-0.3, -0.25) is 0 Å². The fourth-order valence-electron chi connectivity index (χ4n) is 3.29. The highest BCUT2D eigenvalue weighted by Crippen LogP contribution is 2.26. The second-order valence-corrected chi connectivity index (χ2v) is 8.53. The minimum Gasteiger partial charge on any atom is -0.489 e. The van der Waals surface area contributed by atoms with Crippen molar-refractivity contribution in [3.05, 3.63) is 63.6 Å². The maximum atomic E-state index is 6.20. The van der Waals surface area contributed by atoms with Crippen molar-refractivity contribution in [3.63, 3.8) is 0 Å². The van der Waals surface area contributed by atoms with Gasteiger partial charge in [-0.1, -0.05) is 68.1 Å². The van der Waals surface area contributed by atoms with Crippen molar-refractivity contribution in [1.29, 1.82) is 0 Å². The van der Waals surface area contributed by atoms with E-state index < -0.39 is 0 Å². The number of nitrogens with zero attached hydrogens (tertiary/aromatic N) is 1. The van der Waals surface area contributed by atoms with Crippen molar-refractivity contribution in [2.75, 3.05) is 26.2 Å². The summed E-state index contributed by atoms with van der Waals surface area (Å²) in [4.78, 5) is 2.62. The van der Waals surface area contributed by atoms with Crippen LogP contribution in [0.15, 0.2) is 42.5 Å². The standard InChI is InChI=1S/C25H36Cl2N2O/c1-3-5-16-29(17-6-4-2)18-8-15-28-19-21-11-13-22(14-12-21)30-20-23-24(26)9-7-10-25(23)27/h7,9-14,28H,3-6,8,15-20H2,1-2H3. The first kappa shape index (κ1) is 25.0. The molecule has 0 unspecified atom stereocenters. The molecule has 2 aromatic rings. The molecule has 0 saturated carbocycles. The summed E-state index contributed by atoms with van der Waals surface area (Å²) in [5, 5.41) is 4.82. The van der Waals surface area contributed by atoms with Gasteiger partial charge in [0.05, 0.1) is 0 Å². The average molecular weight is 451 g/mol. The molecule has 5 heteroatoms. The lowest BCUT2D eigenvalue weighted by Gasteiger charge is -2.22. The number of nitrogens with one attached hydrogen (secondary N) is 1. The molecule has 0 saturated heterocycles. The van der Waals surface area contributed by atoms with Gasteiger partial charge in [0.1, 0.15) is 12.4 Å². The van der Waals surface area contributed by atoms with Crippen LogP contribution in [0.5, 0.6) is 5.75 Å². The summed E-state index contributed by atoms with van der Waals surface area (Å²) in [6.07, 6.45) is 6.33. The van der Waals surface area contributed by atoms with E-state index in [1.54, 1.807) is 0 Å². The fourth-order valence-corrected chi connectivity index (χ4v) is 3.80. The molecule has 0 radical (unpaired) electrons. The van der Waals surface area contributed by atoms with Crippen LogP contribution in [0.1, 0.15) is 57.1 Å². The van der Waals surface area contributed by atoms with E-state index in [1.807, 2.05) is 30.3 Å². The topological polar surface area (TPSA) is 24.5 Å². The fraction of sp³-hybridized carbons (Fsp3) is 0.520. The van der Waals surface area contributed by atoms with Gasteiger partial charge in [-0.15, -0.1) is 0 Å². The number of rotatable bonds is 15. The van der Waals surface area contributed by atoms with Gasteiger partial charge in [0.25, 0.3) is 0 Å². The van der Waals surface area contributed by atoms with Crippen LogP contribution in [0.2, 0.25) is 10.0 Å². The molecular formula is C25H36Cl2N2O. The predicted octanol–water partition coefficient (Wildman–Crippen LogP) is 6.95. The van der Waals surface area contributed by atoms with Crippen molar-refractivity contribution < 1.29 is 4.74 Å². The van der Waals surface area contributed by atoms with Crippen LogP contribution in [-0.4, -0.2) is 31.1 Å². The van der Waals surface area contributed by atoms with Crippen LogP contribution in [0, 0.1) is 0 Å². The van der Waals surface area contributed by atoms with E-state index in [2.05, 4.69) is 36.2 Å². The van der Waals surface area contributed by atoms with Crippen LogP contribution >= 0.6 is 23.2 Å². The third-order valence-corrected chi connectivity index (χ3v) is 5.89. The van der Waals surface area contributed by atoms with Crippen LogP contribution < -0.4 is 10.1 Å². The molecule has 0 atom stereocenters. The molecule has 0 fully saturated rings. The molecule has 0 aliphatic heterocycles. The Bertz CT molecular complexity index is 693. The Balaban J connectivity index is 1.68. The summed E-state index contributed by atoms with van der Waals surface area (Å²) < 4.78 is 5.85. The van der Waals surface area contributed by atoms with Crippen LogP contribution in [-0.2, 0) is 13.2 Å². The van der Waals surface area contributed by atoms with Crippen molar-refractivity contribution in [1.82, 2.24) is 10.2 Å². The van der Waals surface area contributed by atoms with Gasteiger partial charge in [0, 0.05) is 22.2 Å². The highest BCUT2D eigenvalue weighted by atomic mass is 35.5. The Hall–Kier alpha value is -1.26. The highest BCUT2D eigenvalue weighted by Gasteiger charge is 2.07. The lowest BCUT2D eigenvalue weighted by Crippen LogP contribution is -2.29. The van der Waals surface area contributed by atoms with E-state index in [0.717, 1.165) is 24.4 Å². The second-order valence-electron chi connectivity index (χ2n) is 7.71. The summed E-state index contributed by atoms with van der Waals surface area (Å²) in [7, 11) is 0. The first-order valence-corrected chi connectivity index (χ1v) is 12.0. The quantitative estimate of drug-likeness (QED) is 0.297. The SMILES string of the molecule is CCCCN(CCCC)CCCNCc1ccc(OCc2c(Cl)cccc2Cl)cc1. The van der Waals surface area contributed by atoms with E-state index in [1.165, 1.54) is 57.3 Å². The molecule has 30 heavy (non-hydrogen) atoms. The molecule has 0 amide bonds. The van der Waals surface area contributed by atoms with Crippen LogP contribution in [0.4, 0.5) is 0 Å². The van der Waals surface area contributed by atoms with E-state index in [9.17, 15) is 0 Å². The Morgan fingerprint density at radius 2 is 1.43 bits per heavy atom. The zero-order chi connectivity index (χ0) is 21.6. The van der Waals surface area contributed by atoms with Crippen LogP contribution in [0.3, 0.4) is 0 Å². The van der Waals surface area contributed by atoms with E-state index in [4.69, 9.17) is 27.9 Å². The van der Waals surface area contributed by atoms with Gasteiger partial charge >= 0.3 is 0 Å². The van der Waals surface area contributed by atoms with Gasteiger partial charge in [-0.05, 0) is 75.3 Å². The van der Waals surface area contributed by atoms with E-state index in [-0.39, 0.29) is 0 Å². The maximum absolute atomic E-state index is 6.20. The van der Waals surface area contributed by atoms with Crippen molar-refractivity contribution in [2.45, 2.75) is 59.1 Å². The molecule has 1 N–H and O–H groups in total. The molecule has 2 aromatic carbocycles. The molecule has 2 rings (SSSR count). The molecule has 0 aliphatic rings. The Morgan fingerprint density at radius 1 is 0.833 bits per heavy atom. The van der Waals surface area contributed by atoms with Crippen molar-refractivity contribution >= 4 is 23.2 Å². The molecule has 0 bridgehead atoms. The molecule has 0 aromatic heterocycles. The zero-order valence-corrected chi connectivity index (χ0v) is 19.9. The number of unbranched alkanes of at least 4 members (excludes halogenated alkanes) is 2. The number of ether oxygens (including phenoxy) is 1. The van der Waals surface area contributed by atoms with E-state index in [0.29, 0.717) is 16.7 Å². The molecule has 0 aliphatic carbocycles. The molecular weight excluding hydrogens is 415 g/mol. The Morgan fingerprint density at radius 3 is 2.03 bits per heavy atom. The summed E-state index contributed by atoms with van der Waals surface area (Å²) >= 11 is 12.4. The Labute approximate surface area is 192 Å². The smallest absolute Gasteiger partial charge is 0.119 e. The number of hydrogen-bond donors (Lipinski definition) is 1. The first-order chi connectivity index (χ1) is 14.6. The zero-order valence-electron chi connectivity index (χ0n) is 18.4. The lowest BCUT2D eigenvalue weighted by molar-refractivity contribution is 0.261. The normalized spacial score (nSPS) is 11.2. The second kappa shape index (κ2) is 14.7. The van der Waals surface area contributed by atoms with Gasteiger partial charge in [0.2, 0.25) is 0 Å². The van der Waals surface area contributed by atoms with Gasteiger partial charge in [-0.25, -0.2) is 0 Å². The maximum Gasteiger partial charge on any atom is 0.119 e.